The van der Waals surface area contributed by atoms with Crippen LogP contribution in [0.1, 0.15) is 69.9 Å². The lowest BCUT2D eigenvalue weighted by molar-refractivity contribution is -0.117. The number of likely N-dealkylation sites (tertiary alicyclic amines) is 1. The van der Waals surface area contributed by atoms with E-state index in [1.54, 1.807) is 0 Å². The number of nitrogens with one attached hydrogen (secondary N) is 1. The van der Waals surface area contributed by atoms with Gasteiger partial charge in [0.15, 0.2) is 0 Å². The van der Waals surface area contributed by atoms with Crippen molar-refractivity contribution < 1.29 is 4.79 Å². The molecule has 31 heavy (non-hydrogen) atoms. The van der Waals surface area contributed by atoms with E-state index in [1.807, 2.05) is 24.4 Å². The first kappa shape index (κ1) is 21.1. The van der Waals surface area contributed by atoms with Gasteiger partial charge in [0.25, 0.3) is 5.91 Å². The molecule has 1 unspecified atom stereocenters. The molecule has 0 radical (unpaired) electrons. The topological polar surface area (TPSA) is 49.6 Å². The Morgan fingerprint density at radius 3 is 2.90 bits per heavy atom. The fourth-order valence-electron chi connectivity index (χ4n) is 5.54. The van der Waals surface area contributed by atoms with Crippen LogP contribution in [0, 0.1) is 5.92 Å². The predicted octanol–water partition coefficient (Wildman–Crippen LogP) is 5.11. The van der Waals surface area contributed by atoms with Gasteiger partial charge in [-0.2, -0.15) is 0 Å². The van der Waals surface area contributed by atoms with E-state index in [4.69, 9.17) is 0 Å². The van der Waals surface area contributed by atoms with Gasteiger partial charge in [0.05, 0.1) is 21.8 Å². The molecule has 1 amide bonds. The van der Waals surface area contributed by atoms with Crippen molar-refractivity contribution in [3.05, 3.63) is 35.0 Å². The van der Waals surface area contributed by atoms with E-state index < -0.39 is 0 Å². The van der Waals surface area contributed by atoms with Gasteiger partial charge in [-0.05, 0) is 62.9 Å². The van der Waals surface area contributed by atoms with Crippen molar-refractivity contribution in [1.82, 2.24) is 19.6 Å². The summed E-state index contributed by atoms with van der Waals surface area (Å²) in [6.07, 6.45) is 17.5. The number of rotatable bonds is 7. The first-order chi connectivity index (χ1) is 15.3. The van der Waals surface area contributed by atoms with Gasteiger partial charge in [0, 0.05) is 12.6 Å². The lowest BCUT2D eigenvalue weighted by atomic mass is 9.86. The van der Waals surface area contributed by atoms with Crippen molar-refractivity contribution in [3.8, 4) is 0 Å². The predicted molar refractivity (Wildman–Crippen MR) is 127 cm³/mol. The number of hydrogen-bond donors (Lipinski definition) is 1. The fraction of sp³-hybridized carbons (Fsp3) is 0.600. The summed E-state index contributed by atoms with van der Waals surface area (Å²) in [5, 5.41) is 4.30. The molecule has 2 aromatic rings. The zero-order chi connectivity index (χ0) is 21.0. The number of amides is 1. The number of imidazole rings is 1. The number of carbonyl (C=O) groups is 1. The Morgan fingerprint density at radius 1 is 1.13 bits per heavy atom. The van der Waals surface area contributed by atoms with E-state index in [1.165, 1.54) is 89.1 Å². The van der Waals surface area contributed by atoms with E-state index >= 15 is 0 Å². The zero-order valence-electron chi connectivity index (χ0n) is 18.4. The summed E-state index contributed by atoms with van der Waals surface area (Å²) in [6, 6.07) is 6.53. The van der Waals surface area contributed by atoms with Crippen LogP contribution in [0.2, 0.25) is 0 Å². The molecule has 2 fully saturated rings. The summed E-state index contributed by atoms with van der Waals surface area (Å²) >= 11 is 1.54. The number of pyridine rings is 1. The number of piperidine rings is 1. The molecule has 4 heterocycles. The van der Waals surface area contributed by atoms with E-state index in [-0.39, 0.29) is 5.91 Å². The van der Waals surface area contributed by atoms with Gasteiger partial charge in [-0.1, -0.05) is 56.4 Å². The molecule has 1 saturated heterocycles. The molecular formula is C25H34N4OS. The normalized spacial score (nSPS) is 22.5. The average Bonchev–Trinajstić information content (AvgIpc) is 3.23. The lowest BCUT2D eigenvalue weighted by Crippen LogP contribution is -2.47. The Bertz CT molecular complexity index is 946. The maximum absolute atomic E-state index is 13.0. The van der Waals surface area contributed by atoms with Crippen molar-refractivity contribution >= 4 is 29.4 Å². The van der Waals surface area contributed by atoms with Gasteiger partial charge < -0.3 is 5.32 Å². The minimum Gasteiger partial charge on any atom is -0.350 e. The van der Waals surface area contributed by atoms with Crippen molar-refractivity contribution in [1.29, 1.82) is 0 Å². The third kappa shape index (κ3) is 4.85. The molecular weight excluding hydrogens is 404 g/mol. The van der Waals surface area contributed by atoms with Crippen LogP contribution in [0.15, 0.2) is 34.3 Å². The van der Waals surface area contributed by atoms with E-state index in [2.05, 4.69) is 25.7 Å². The first-order valence-electron chi connectivity index (χ1n) is 12.2. The molecule has 1 saturated carbocycles. The third-order valence-electron chi connectivity index (χ3n) is 7.27. The second-order valence-electron chi connectivity index (χ2n) is 9.39. The zero-order valence-corrected chi connectivity index (χ0v) is 19.2. The maximum atomic E-state index is 13.0. The number of thioether (sulfide) groups is 1. The van der Waals surface area contributed by atoms with Gasteiger partial charge in [-0.25, -0.2) is 4.98 Å². The van der Waals surface area contributed by atoms with Crippen molar-refractivity contribution in [2.45, 2.75) is 75.3 Å². The molecule has 5 rings (SSSR count). The molecule has 2 aromatic heterocycles. The first-order valence-corrected chi connectivity index (χ1v) is 13.0. The highest BCUT2D eigenvalue weighted by atomic mass is 32.2. The highest BCUT2D eigenvalue weighted by Crippen LogP contribution is 2.34. The van der Waals surface area contributed by atoms with Crippen LogP contribution < -0.4 is 5.32 Å². The SMILES string of the molecule is O=C(NCC1CCCCN1CCCC1CCCCC1)C1=Cc2cnc3cccc(n23)S1. The van der Waals surface area contributed by atoms with Crippen LogP contribution >= 0.6 is 11.8 Å². The number of hydrogen-bond acceptors (Lipinski definition) is 4. The van der Waals surface area contributed by atoms with E-state index in [0.717, 1.165) is 33.7 Å². The molecule has 166 valence electrons. The average molecular weight is 439 g/mol. The van der Waals surface area contributed by atoms with Gasteiger partial charge in [-0.15, -0.1) is 0 Å². The highest BCUT2D eigenvalue weighted by molar-refractivity contribution is 8.04. The molecule has 1 atom stereocenters. The summed E-state index contributed by atoms with van der Waals surface area (Å²) in [7, 11) is 0. The van der Waals surface area contributed by atoms with Crippen LogP contribution in [0.25, 0.3) is 11.7 Å². The van der Waals surface area contributed by atoms with E-state index in [0.29, 0.717) is 6.04 Å². The summed E-state index contributed by atoms with van der Waals surface area (Å²) in [5.41, 5.74) is 1.92. The molecule has 2 aliphatic heterocycles. The Hall–Kier alpha value is -1.79. The van der Waals surface area contributed by atoms with Gasteiger partial charge in [0.1, 0.15) is 5.65 Å². The smallest absolute Gasteiger partial charge is 0.258 e. The molecule has 5 nitrogen and oxygen atoms in total. The standard InChI is InChI=1S/C25H34N4OS/c30-25(22-16-21-18-26-23-12-6-13-24(31-22)29(21)23)27-17-20-11-4-5-14-28(20)15-7-10-19-8-2-1-3-9-19/h6,12-13,16,18-20H,1-5,7-11,14-15,17H2,(H,27,30). The molecule has 0 aromatic carbocycles. The molecule has 1 aliphatic carbocycles. The molecule has 0 bridgehead atoms. The van der Waals surface area contributed by atoms with Crippen LogP contribution in [-0.4, -0.2) is 45.9 Å². The van der Waals surface area contributed by atoms with Crippen LogP contribution in [0.3, 0.4) is 0 Å². The largest absolute Gasteiger partial charge is 0.350 e. The second kappa shape index (κ2) is 9.78. The molecule has 6 heteroatoms. The summed E-state index contributed by atoms with van der Waals surface area (Å²) in [5.74, 6) is 1.01. The molecule has 3 aliphatic rings. The van der Waals surface area contributed by atoms with Crippen LogP contribution in [0.5, 0.6) is 0 Å². The Kier molecular flexibility index (Phi) is 6.65. The van der Waals surface area contributed by atoms with Crippen molar-refractivity contribution in [2.75, 3.05) is 19.6 Å². The Morgan fingerprint density at radius 2 is 2.00 bits per heavy atom. The fourth-order valence-corrected chi connectivity index (χ4v) is 6.55. The number of carbonyl (C=O) groups excluding carboxylic acids is 1. The Balaban J connectivity index is 1.14. The minimum absolute atomic E-state index is 0.0437. The van der Waals surface area contributed by atoms with E-state index in [9.17, 15) is 4.79 Å². The minimum atomic E-state index is 0.0437. The van der Waals surface area contributed by atoms with Gasteiger partial charge in [0.2, 0.25) is 0 Å². The van der Waals surface area contributed by atoms with Gasteiger partial charge in [-0.3, -0.25) is 14.1 Å². The monoisotopic (exact) mass is 438 g/mol. The summed E-state index contributed by atoms with van der Waals surface area (Å²) in [6.45, 7) is 3.13. The summed E-state index contributed by atoms with van der Waals surface area (Å²) < 4.78 is 2.11. The van der Waals surface area contributed by atoms with Crippen molar-refractivity contribution in [2.24, 2.45) is 5.92 Å². The number of aromatic nitrogens is 2. The highest BCUT2D eigenvalue weighted by Gasteiger charge is 2.25. The lowest BCUT2D eigenvalue weighted by Gasteiger charge is -2.36. The molecule has 0 spiro atoms. The van der Waals surface area contributed by atoms with Crippen LogP contribution in [-0.2, 0) is 4.79 Å². The molecule has 1 N–H and O–H groups in total. The summed E-state index contributed by atoms with van der Waals surface area (Å²) in [4.78, 5) is 20.8. The van der Waals surface area contributed by atoms with Crippen molar-refractivity contribution in [3.63, 3.8) is 0 Å². The van der Waals surface area contributed by atoms with Gasteiger partial charge >= 0.3 is 0 Å². The van der Waals surface area contributed by atoms with Crippen LogP contribution in [0.4, 0.5) is 0 Å². The maximum Gasteiger partial charge on any atom is 0.258 e. The second-order valence-corrected chi connectivity index (χ2v) is 10.5. The quantitative estimate of drug-likeness (QED) is 0.652. The number of nitrogens with zero attached hydrogens (tertiary/aromatic N) is 3. The Labute approximate surface area is 189 Å². The third-order valence-corrected chi connectivity index (χ3v) is 8.32.